The lowest BCUT2D eigenvalue weighted by molar-refractivity contribution is 0.0697. The number of nitrogens with one attached hydrogen (secondary N) is 1. The standard InChI is InChI=1S/C13H18N2O3/c1-8(12-3-2-6-18-12)15-11-5-4-9(13(16)17)7-10(11)14/h4-5,7-8,12,15H,2-3,6,14H2,1H3,(H,16,17). The van der Waals surface area contributed by atoms with Crippen molar-refractivity contribution in [3.8, 4) is 0 Å². The Morgan fingerprint density at radius 2 is 2.39 bits per heavy atom. The van der Waals surface area contributed by atoms with E-state index in [1.54, 1.807) is 12.1 Å². The molecule has 1 heterocycles. The van der Waals surface area contributed by atoms with Gasteiger partial charge in [0.15, 0.2) is 0 Å². The molecule has 1 aliphatic rings. The molecule has 1 aliphatic heterocycles. The molecule has 0 amide bonds. The Labute approximate surface area is 106 Å². The fraction of sp³-hybridized carbons (Fsp3) is 0.462. The summed E-state index contributed by atoms with van der Waals surface area (Å²) in [6.07, 6.45) is 2.33. The van der Waals surface area contributed by atoms with Crippen molar-refractivity contribution in [2.45, 2.75) is 31.9 Å². The monoisotopic (exact) mass is 250 g/mol. The maximum atomic E-state index is 10.8. The second kappa shape index (κ2) is 5.27. The van der Waals surface area contributed by atoms with Gasteiger partial charge in [0.05, 0.1) is 23.0 Å². The maximum absolute atomic E-state index is 10.8. The summed E-state index contributed by atoms with van der Waals surface area (Å²) in [5.41, 5.74) is 7.23. The minimum Gasteiger partial charge on any atom is -0.478 e. The Balaban J connectivity index is 2.06. The van der Waals surface area contributed by atoms with Crippen molar-refractivity contribution in [1.29, 1.82) is 0 Å². The fourth-order valence-electron chi connectivity index (χ4n) is 2.16. The van der Waals surface area contributed by atoms with Crippen molar-refractivity contribution in [3.63, 3.8) is 0 Å². The van der Waals surface area contributed by atoms with E-state index in [4.69, 9.17) is 15.6 Å². The van der Waals surface area contributed by atoms with Crippen LogP contribution in [0, 0.1) is 0 Å². The van der Waals surface area contributed by atoms with Gasteiger partial charge >= 0.3 is 5.97 Å². The molecule has 0 saturated carbocycles. The number of carbonyl (C=O) groups is 1. The van der Waals surface area contributed by atoms with Gasteiger partial charge in [-0.25, -0.2) is 4.79 Å². The van der Waals surface area contributed by atoms with Crippen LogP contribution in [0.5, 0.6) is 0 Å². The van der Waals surface area contributed by atoms with Crippen LogP contribution in [0.4, 0.5) is 11.4 Å². The van der Waals surface area contributed by atoms with Gasteiger partial charge < -0.3 is 20.9 Å². The van der Waals surface area contributed by atoms with Crippen molar-refractivity contribution < 1.29 is 14.6 Å². The zero-order chi connectivity index (χ0) is 13.1. The van der Waals surface area contributed by atoms with Gasteiger partial charge in [0, 0.05) is 12.6 Å². The predicted octanol–water partition coefficient (Wildman–Crippen LogP) is 1.95. The molecule has 1 aromatic rings. The third-order valence-corrected chi connectivity index (χ3v) is 3.20. The van der Waals surface area contributed by atoms with Gasteiger partial charge in [-0.3, -0.25) is 0 Å². The van der Waals surface area contributed by atoms with Crippen molar-refractivity contribution in [1.82, 2.24) is 0 Å². The highest BCUT2D eigenvalue weighted by Gasteiger charge is 2.22. The summed E-state index contributed by atoms with van der Waals surface area (Å²) in [4.78, 5) is 10.8. The van der Waals surface area contributed by atoms with Crippen LogP contribution in [-0.4, -0.2) is 29.8 Å². The summed E-state index contributed by atoms with van der Waals surface area (Å²) in [5.74, 6) is -0.972. The Hall–Kier alpha value is -1.75. The van der Waals surface area contributed by atoms with Gasteiger partial charge in [-0.1, -0.05) is 0 Å². The minimum atomic E-state index is -0.972. The molecule has 1 fully saturated rings. The van der Waals surface area contributed by atoms with E-state index in [2.05, 4.69) is 5.32 Å². The van der Waals surface area contributed by atoms with Crippen molar-refractivity contribution in [2.24, 2.45) is 0 Å². The molecule has 4 N–H and O–H groups in total. The van der Waals surface area contributed by atoms with Crippen LogP contribution in [0.25, 0.3) is 0 Å². The maximum Gasteiger partial charge on any atom is 0.335 e. The molecular formula is C13H18N2O3. The first-order chi connectivity index (χ1) is 8.58. The first kappa shape index (κ1) is 12.7. The van der Waals surface area contributed by atoms with Gasteiger partial charge in [0.1, 0.15) is 0 Å². The lowest BCUT2D eigenvalue weighted by atomic mass is 10.1. The van der Waals surface area contributed by atoms with E-state index in [1.165, 1.54) is 6.07 Å². The van der Waals surface area contributed by atoms with Gasteiger partial charge in [-0.05, 0) is 38.0 Å². The summed E-state index contributed by atoms with van der Waals surface area (Å²) < 4.78 is 5.59. The van der Waals surface area contributed by atoms with Crippen LogP contribution >= 0.6 is 0 Å². The first-order valence-corrected chi connectivity index (χ1v) is 6.09. The van der Waals surface area contributed by atoms with E-state index in [0.29, 0.717) is 5.69 Å². The number of hydrogen-bond acceptors (Lipinski definition) is 4. The largest absolute Gasteiger partial charge is 0.478 e. The van der Waals surface area contributed by atoms with Gasteiger partial charge in [0.25, 0.3) is 0 Å². The highest BCUT2D eigenvalue weighted by molar-refractivity contribution is 5.90. The molecule has 0 aromatic heterocycles. The average Bonchev–Trinajstić information content (AvgIpc) is 2.85. The molecule has 5 heteroatoms. The zero-order valence-corrected chi connectivity index (χ0v) is 10.3. The Morgan fingerprint density at radius 1 is 1.61 bits per heavy atom. The van der Waals surface area contributed by atoms with Crippen molar-refractivity contribution in [2.75, 3.05) is 17.7 Å². The topological polar surface area (TPSA) is 84.6 Å². The smallest absolute Gasteiger partial charge is 0.335 e. The van der Waals surface area contributed by atoms with Gasteiger partial charge in [-0.15, -0.1) is 0 Å². The van der Waals surface area contributed by atoms with E-state index >= 15 is 0 Å². The average molecular weight is 250 g/mol. The Bertz CT molecular complexity index is 442. The highest BCUT2D eigenvalue weighted by atomic mass is 16.5. The number of carboxylic acid groups (broad SMARTS) is 1. The third-order valence-electron chi connectivity index (χ3n) is 3.20. The van der Waals surface area contributed by atoms with Gasteiger partial charge in [-0.2, -0.15) is 0 Å². The number of carboxylic acids is 1. The number of anilines is 2. The first-order valence-electron chi connectivity index (χ1n) is 6.09. The van der Waals surface area contributed by atoms with Crippen molar-refractivity contribution >= 4 is 17.3 Å². The number of rotatable bonds is 4. The van der Waals surface area contributed by atoms with E-state index < -0.39 is 5.97 Å². The number of nitrogen functional groups attached to an aromatic ring is 1. The molecule has 0 bridgehead atoms. The molecular weight excluding hydrogens is 232 g/mol. The third kappa shape index (κ3) is 2.73. The summed E-state index contributed by atoms with van der Waals surface area (Å²) >= 11 is 0. The lowest BCUT2D eigenvalue weighted by Gasteiger charge is -2.22. The number of hydrogen-bond donors (Lipinski definition) is 3. The normalized spacial score (nSPS) is 20.6. The minimum absolute atomic E-state index is 0.158. The van der Waals surface area contributed by atoms with E-state index in [0.717, 1.165) is 25.1 Å². The van der Waals surface area contributed by atoms with Gasteiger partial charge in [0.2, 0.25) is 0 Å². The van der Waals surface area contributed by atoms with Crippen LogP contribution in [0.15, 0.2) is 18.2 Å². The van der Waals surface area contributed by atoms with E-state index in [9.17, 15) is 4.79 Å². The Kier molecular flexibility index (Phi) is 3.72. The summed E-state index contributed by atoms with van der Waals surface area (Å²) in [6.45, 7) is 2.85. The summed E-state index contributed by atoms with van der Waals surface area (Å²) in [6, 6.07) is 4.87. The molecule has 5 nitrogen and oxygen atoms in total. The number of ether oxygens (including phenoxy) is 1. The fourth-order valence-corrected chi connectivity index (χ4v) is 2.16. The molecule has 0 aliphatic carbocycles. The molecule has 0 spiro atoms. The molecule has 18 heavy (non-hydrogen) atoms. The molecule has 2 rings (SSSR count). The number of nitrogens with two attached hydrogens (primary N) is 1. The van der Waals surface area contributed by atoms with Crippen LogP contribution < -0.4 is 11.1 Å². The van der Waals surface area contributed by atoms with E-state index in [-0.39, 0.29) is 17.7 Å². The van der Waals surface area contributed by atoms with Crippen LogP contribution in [-0.2, 0) is 4.74 Å². The second-order valence-corrected chi connectivity index (χ2v) is 4.59. The van der Waals surface area contributed by atoms with Crippen LogP contribution in [0.1, 0.15) is 30.1 Å². The molecule has 1 saturated heterocycles. The van der Waals surface area contributed by atoms with Crippen LogP contribution in [0.3, 0.4) is 0 Å². The lowest BCUT2D eigenvalue weighted by Crippen LogP contribution is -2.30. The molecule has 2 atom stereocenters. The SMILES string of the molecule is CC(Nc1ccc(C(=O)O)cc1N)C1CCCO1. The molecule has 0 radical (unpaired) electrons. The number of aromatic carboxylic acids is 1. The highest BCUT2D eigenvalue weighted by Crippen LogP contribution is 2.24. The van der Waals surface area contributed by atoms with E-state index in [1.807, 2.05) is 6.92 Å². The van der Waals surface area contributed by atoms with Crippen LogP contribution in [0.2, 0.25) is 0 Å². The second-order valence-electron chi connectivity index (χ2n) is 4.59. The molecule has 1 aromatic carbocycles. The zero-order valence-electron chi connectivity index (χ0n) is 10.3. The molecule has 98 valence electrons. The number of benzene rings is 1. The van der Waals surface area contributed by atoms with Crippen molar-refractivity contribution in [3.05, 3.63) is 23.8 Å². The summed E-state index contributed by atoms with van der Waals surface area (Å²) in [7, 11) is 0. The summed E-state index contributed by atoms with van der Waals surface area (Å²) in [5, 5.41) is 12.1. The molecule has 2 unspecified atom stereocenters. The predicted molar refractivity (Wildman–Crippen MR) is 69.9 cm³/mol. The Morgan fingerprint density at radius 3 is 2.94 bits per heavy atom. The quantitative estimate of drug-likeness (QED) is 0.711.